The molecule has 3 rings (SSSR count). The Morgan fingerprint density at radius 1 is 1.06 bits per heavy atom. The van der Waals surface area contributed by atoms with Crippen molar-refractivity contribution in [1.29, 1.82) is 0 Å². The summed E-state index contributed by atoms with van der Waals surface area (Å²) in [5, 5.41) is 3.24. The fraction of sp³-hybridized carbons (Fsp3) is 0.381. The summed E-state index contributed by atoms with van der Waals surface area (Å²) >= 11 is 6.23. The zero-order valence-corrected chi connectivity index (χ0v) is 18.9. The quantitative estimate of drug-likeness (QED) is 0.606. The second-order valence-corrected chi connectivity index (χ2v) is 9.47. The number of rotatable bonds is 9. The lowest BCUT2D eigenvalue weighted by Gasteiger charge is -2.35. The number of carbonyl (C=O) groups excluding carboxylic acids is 1. The van der Waals surface area contributed by atoms with E-state index in [0.717, 1.165) is 5.69 Å². The predicted molar refractivity (Wildman–Crippen MR) is 121 cm³/mol. The molecule has 0 spiro atoms. The number of methoxy groups -OCH3 is 1. The molecule has 0 aliphatic carbocycles. The third-order valence-corrected chi connectivity index (χ3v) is 7.11. The minimum atomic E-state index is -3.47. The SMILES string of the molecule is COc1cccc(OCC(=O)NCCS(=O)(=O)N2CCN(c3ccccc3Cl)CC2)c1. The molecule has 2 aromatic carbocycles. The van der Waals surface area contributed by atoms with Gasteiger partial charge in [-0.2, -0.15) is 4.31 Å². The molecule has 0 radical (unpaired) electrons. The summed E-state index contributed by atoms with van der Waals surface area (Å²) in [5.41, 5.74) is 0.907. The number of nitrogens with one attached hydrogen (secondary N) is 1. The van der Waals surface area contributed by atoms with Gasteiger partial charge in [0.15, 0.2) is 6.61 Å². The van der Waals surface area contributed by atoms with Gasteiger partial charge in [0.2, 0.25) is 10.0 Å². The summed E-state index contributed by atoms with van der Waals surface area (Å²) in [4.78, 5) is 14.0. The molecule has 31 heavy (non-hydrogen) atoms. The van der Waals surface area contributed by atoms with Crippen molar-refractivity contribution in [1.82, 2.24) is 9.62 Å². The molecule has 0 unspecified atom stereocenters. The highest BCUT2D eigenvalue weighted by molar-refractivity contribution is 7.89. The summed E-state index contributed by atoms with van der Waals surface area (Å²) < 4.78 is 37.2. The lowest BCUT2D eigenvalue weighted by molar-refractivity contribution is -0.122. The van der Waals surface area contributed by atoms with Crippen LogP contribution in [-0.4, -0.2) is 70.8 Å². The van der Waals surface area contributed by atoms with E-state index < -0.39 is 10.0 Å². The number of hydrogen-bond acceptors (Lipinski definition) is 6. The van der Waals surface area contributed by atoms with Crippen molar-refractivity contribution in [2.24, 2.45) is 0 Å². The summed E-state index contributed by atoms with van der Waals surface area (Å²) in [6.45, 7) is 1.69. The zero-order chi connectivity index (χ0) is 22.3. The number of amides is 1. The summed E-state index contributed by atoms with van der Waals surface area (Å²) in [6, 6.07) is 14.4. The first kappa shape index (κ1) is 23.2. The number of benzene rings is 2. The Morgan fingerprint density at radius 2 is 1.77 bits per heavy atom. The van der Waals surface area contributed by atoms with Crippen molar-refractivity contribution in [3.8, 4) is 11.5 Å². The molecule has 8 nitrogen and oxygen atoms in total. The van der Waals surface area contributed by atoms with Gasteiger partial charge in [0.1, 0.15) is 11.5 Å². The highest BCUT2D eigenvalue weighted by Crippen LogP contribution is 2.26. The van der Waals surface area contributed by atoms with Gasteiger partial charge in [0.25, 0.3) is 5.91 Å². The largest absolute Gasteiger partial charge is 0.497 e. The van der Waals surface area contributed by atoms with Gasteiger partial charge in [-0.05, 0) is 24.3 Å². The van der Waals surface area contributed by atoms with E-state index in [1.165, 1.54) is 4.31 Å². The molecule has 1 heterocycles. The number of para-hydroxylation sites is 1. The van der Waals surface area contributed by atoms with Gasteiger partial charge in [0.05, 0.1) is 23.6 Å². The first-order chi connectivity index (χ1) is 14.9. The molecular formula is C21H26ClN3O5S. The number of ether oxygens (including phenoxy) is 2. The molecule has 168 valence electrons. The van der Waals surface area contributed by atoms with Gasteiger partial charge < -0.3 is 19.7 Å². The van der Waals surface area contributed by atoms with Crippen LogP contribution in [0.25, 0.3) is 0 Å². The maximum Gasteiger partial charge on any atom is 0.257 e. The number of halogens is 1. The topological polar surface area (TPSA) is 88.2 Å². The van der Waals surface area contributed by atoms with Crippen molar-refractivity contribution >= 4 is 33.2 Å². The average Bonchev–Trinajstić information content (AvgIpc) is 2.78. The number of nitrogens with zero attached hydrogens (tertiary/aromatic N) is 2. The number of anilines is 1. The molecule has 1 amide bonds. The molecular weight excluding hydrogens is 442 g/mol. The molecule has 0 bridgehead atoms. The van der Waals surface area contributed by atoms with E-state index in [2.05, 4.69) is 10.2 Å². The van der Waals surface area contributed by atoms with Gasteiger partial charge in [-0.25, -0.2) is 8.42 Å². The smallest absolute Gasteiger partial charge is 0.257 e. The van der Waals surface area contributed by atoms with Crippen LogP contribution in [0.5, 0.6) is 11.5 Å². The van der Waals surface area contributed by atoms with E-state index in [-0.39, 0.29) is 24.8 Å². The highest BCUT2D eigenvalue weighted by Gasteiger charge is 2.27. The molecule has 1 N–H and O–H groups in total. The van der Waals surface area contributed by atoms with Crippen molar-refractivity contribution in [2.75, 3.05) is 57.1 Å². The highest BCUT2D eigenvalue weighted by atomic mass is 35.5. The maximum atomic E-state index is 12.6. The fourth-order valence-electron chi connectivity index (χ4n) is 3.25. The van der Waals surface area contributed by atoms with Gasteiger partial charge in [-0.3, -0.25) is 4.79 Å². The third kappa shape index (κ3) is 6.49. The van der Waals surface area contributed by atoms with Crippen LogP contribution in [0.4, 0.5) is 5.69 Å². The Labute approximate surface area is 187 Å². The van der Waals surface area contributed by atoms with E-state index in [4.69, 9.17) is 21.1 Å². The lowest BCUT2D eigenvalue weighted by atomic mass is 10.2. The Hall–Kier alpha value is -2.49. The molecule has 1 saturated heterocycles. The first-order valence-electron chi connectivity index (χ1n) is 9.90. The molecule has 0 saturated carbocycles. The monoisotopic (exact) mass is 467 g/mol. The van der Waals surface area contributed by atoms with Crippen LogP contribution in [-0.2, 0) is 14.8 Å². The molecule has 2 aromatic rings. The van der Waals surface area contributed by atoms with E-state index >= 15 is 0 Å². The Balaban J connectivity index is 1.41. The maximum absolute atomic E-state index is 12.6. The van der Waals surface area contributed by atoms with E-state index in [9.17, 15) is 13.2 Å². The Morgan fingerprint density at radius 3 is 2.48 bits per heavy atom. The van der Waals surface area contributed by atoms with Crippen molar-refractivity contribution in [3.63, 3.8) is 0 Å². The minimum absolute atomic E-state index is 0.0212. The van der Waals surface area contributed by atoms with Gasteiger partial charge in [0, 0.05) is 38.8 Å². The van der Waals surface area contributed by atoms with Gasteiger partial charge in [-0.1, -0.05) is 29.8 Å². The first-order valence-corrected chi connectivity index (χ1v) is 11.9. The second-order valence-electron chi connectivity index (χ2n) is 6.97. The van der Waals surface area contributed by atoms with E-state index in [1.54, 1.807) is 31.4 Å². The number of hydrogen-bond donors (Lipinski definition) is 1. The number of piperazine rings is 1. The summed E-state index contributed by atoms with van der Waals surface area (Å²) in [7, 11) is -1.92. The molecule has 1 aliphatic heterocycles. The van der Waals surface area contributed by atoms with Crippen LogP contribution >= 0.6 is 11.6 Å². The molecule has 1 fully saturated rings. The lowest BCUT2D eigenvalue weighted by Crippen LogP contribution is -2.50. The predicted octanol–water partition coefficient (Wildman–Crippen LogP) is 2.00. The van der Waals surface area contributed by atoms with Crippen LogP contribution in [0, 0.1) is 0 Å². The van der Waals surface area contributed by atoms with Crippen LogP contribution in [0.1, 0.15) is 0 Å². The third-order valence-electron chi connectivity index (χ3n) is 4.92. The zero-order valence-electron chi connectivity index (χ0n) is 17.3. The van der Waals surface area contributed by atoms with Crippen LogP contribution in [0.2, 0.25) is 5.02 Å². The molecule has 0 atom stereocenters. The van der Waals surface area contributed by atoms with Gasteiger partial charge in [-0.15, -0.1) is 0 Å². The van der Waals surface area contributed by atoms with E-state index in [0.29, 0.717) is 42.7 Å². The normalized spacial score (nSPS) is 14.8. The Kier molecular flexibility index (Phi) is 8.00. The molecule has 10 heteroatoms. The van der Waals surface area contributed by atoms with Crippen molar-refractivity contribution < 1.29 is 22.7 Å². The minimum Gasteiger partial charge on any atom is -0.497 e. The van der Waals surface area contributed by atoms with Gasteiger partial charge >= 0.3 is 0 Å². The number of sulfonamides is 1. The van der Waals surface area contributed by atoms with Crippen LogP contribution in [0.15, 0.2) is 48.5 Å². The second kappa shape index (κ2) is 10.7. The molecule has 0 aromatic heterocycles. The fourth-order valence-corrected chi connectivity index (χ4v) is 4.85. The summed E-state index contributed by atoms with van der Waals surface area (Å²) in [5.74, 6) is 0.572. The standard InChI is InChI=1S/C21H26ClN3O5S/c1-29-17-5-4-6-18(15-17)30-16-21(26)23-9-14-31(27,28)25-12-10-24(11-13-25)20-8-3-2-7-19(20)22/h2-8,15H,9-14,16H2,1H3,(H,23,26). The average molecular weight is 468 g/mol. The van der Waals surface area contributed by atoms with Crippen molar-refractivity contribution in [3.05, 3.63) is 53.6 Å². The van der Waals surface area contributed by atoms with Crippen LogP contribution < -0.4 is 19.7 Å². The number of carbonyl (C=O) groups is 1. The van der Waals surface area contributed by atoms with Crippen molar-refractivity contribution in [2.45, 2.75) is 0 Å². The summed E-state index contributed by atoms with van der Waals surface area (Å²) in [6.07, 6.45) is 0. The Bertz CT molecular complexity index is 994. The van der Waals surface area contributed by atoms with E-state index in [1.807, 2.05) is 24.3 Å². The van der Waals surface area contributed by atoms with Crippen LogP contribution in [0.3, 0.4) is 0 Å². The molecule has 1 aliphatic rings.